The van der Waals surface area contributed by atoms with Gasteiger partial charge in [0.1, 0.15) is 0 Å². The number of carboxylic acids is 1. The Hall–Kier alpha value is -1.33. The molecule has 1 aromatic carbocycles. The lowest BCUT2D eigenvalue weighted by Gasteiger charge is -2.35. The summed E-state index contributed by atoms with van der Waals surface area (Å²) >= 11 is 3.35. The Kier molecular flexibility index (Phi) is 6.72. The van der Waals surface area contributed by atoms with Gasteiger partial charge in [-0.05, 0) is 29.7 Å². The molecule has 0 aromatic heterocycles. The number of carboxylic acid groups (broad SMARTS) is 1. The third kappa shape index (κ3) is 4.16. The molecular weight excluding hydrogens is 454 g/mol. The van der Waals surface area contributed by atoms with E-state index in [4.69, 9.17) is 14.9 Å². The molecule has 4 N–H and O–H groups in total. The van der Waals surface area contributed by atoms with Gasteiger partial charge in [-0.25, -0.2) is 0 Å². The minimum Gasteiger partial charge on any atom is -0.480 e. The summed E-state index contributed by atoms with van der Waals surface area (Å²) in [4.78, 5) is 22.4. The Morgan fingerprint density at radius 3 is 2.29 bits per heavy atom. The largest absolute Gasteiger partial charge is 0.480 e. The average molecular weight is 478 g/mol. The van der Waals surface area contributed by atoms with Gasteiger partial charge in [-0.15, -0.1) is 0 Å². The van der Waals surface area contributed by atoms with Gasteiger partial charge in [-0.2, -0.15) is 13.9 Å². The lowest BCUT2D eigenvalue weighted by Crippen LogP contribution is -2.43. The van der Waals surface area contributed by atoms with Crippen molar-refractivity contribution in [3.8, 4) is 0 Å². The average Bonchev–Trinajstić information content (AvgIpc) is 2.91. The summed E-state index contributed by atoms with van der Waals surface area (Å²) in [6.45, 7) is 3.85. The van der Waals surface area contributed by atoms with Gasteiger partial charge < -0.3 is 10.3 Å². The van der Waals surface area contributed by atoms with Crippen molar-refractivity contribution in [2.75, 3.05) is 5.75 Å². The number of carbonyl (C=O) groups excluding carboxylic acids is 1. The molecule has 10 heteroatoms. The zero-order chi connectivity index (χ0) is 21.3. The monoisotopic (exact) mass is 477 g/mol. The van der Waals surface area contributed by atoms with E-state index in [1.54, 1.807) is 35.8 Å². The second kappa shape index (κ2) is 8.19. The van der Waals surface area contributed by atoms with E-state index in [1.807, 2.05) is 13.8 Å². The first-order chi connectivity index (χ1) is 12.9. The number of nitrogens with one attached hydrogen (secondary N) is 1. The molecule has 1 aromatic rings. The highest BCUT2D eigenvalue weighted by Gasteiger charge is 2.69. The Morgan fingerprint density at radius 2 is 1.89 bits per heavy atom. The fraction of sp³-hybridized carbons (Fsp3) is 0.556. The number of fused-ring (bicyclic) bond motifs is 2. The Morgan fingerprint density at radius 1 is 1.32 bits per heavy atom. The van der Waals surface area contributed by atoms with Gasteiger partial charge in [-0.1, -0.05) is 60.1 Å². The molecule has 0 amide bonds. The van der Waals surface area contributed by atoms with Crippen LogP contribution in [0.4, 0.5) is 0 Å². The van der Waals surface area contributed by atoms with Crippen LogP contribution in [0.25, 0.3) is 0 Å². The molecule has 3 rings (SSSR count). The molecule has 2 aliphatic carbocycles. The van der Waals surface area contributed by atoms with Gasteiger partial charge in [0, 0.05) is 0 Å². The number of hydrogen-bond donors (Lipinski definition) is 4. The molecule has 2 aliphatic rings. The first kappa shape index (κ1) is 23.0. The third-order valence-electron chi connectivity index (χ3n) is 6.06. The summed E-state index contributed by atoms with van der Waals surface area (Å²) < 4.78 is 31.2. The summed E-state index contributed by atoms with van der Waals surface area (Å²) in [6.07, 6.45) is 1.40. The Labute approximate surface area is 172 Å². The van der Waals surface area contributed by atoms with Crippen molar-refractivity contribution in [3.63, 3.8) is 0 Å². The fourth-order valence-corrected chi connectivity index (χ4v) is 7.04. The van der Waals surface area contributed by atoms with Crippen molar-refractivity contribution in [2.45, 2.75) is 37.6 Å². The number of Topliss-reactive ketones (excluding diaryl/α,β-unsaturated/α-hetero) is 1. The van der Waals surface area contributed by atoms with E-state index in [1.165, 1.54) is 0 Å². The minimum atomic E-state index is -4.12. The molecule has 0 heterocycles. The number of benzene rings is 1. The van der Waals surface area contributed by atoms with Crippen LogP contribution in [0.5, 0.6) is 0 Å². The highest BCUT2D eigenvalue weighted by molar-refractivity contribution is 9.10. The Bertz CT molecular complexity index is 843. The van der Waals surface area contributed by atoms with Crippen LogP contribution in [0.15, 0.2) is 30.3 Å². The molecule has 4 unspecified atom stereocenters. The molecule has 4 atom stereocenters. The van der Waals surface area contributed by atoms with E-state index in [0.717, 1.165) is 6.42 Å². The van der Waals surface area contributed by atoms with Crippen molar-refractivity contribution < 1.29 is 32.9 Å². The number of ketones is 1. The summed E-state index contributed by atoms with van der Waals surface area (Å²) in [5.41, 5.74) is 0.969. The maximum Gasteiger partial charge on any atom is 0.327 e. The number of hydrogen-bond acceptors (Lipinski definition) is 6. The topological polar surface area (TPSA) is 141 Å². The summed E-state index contributed by atoms with van der Waals surface area (Å²) in [5, 5.41) is 17.1. The zero-order valence-electron chi connectivity index (χ0n) is 15.5. The van der Waals surface area contributed by atoms with E-state index in [2.05, 4.69) is 15.9 Å². The van der Waals surface area contributed by atoms with Crippen LogP contribution in [-0.4, -0.2) is 45.6 Å². The molecule has 2 fully saturated rings. The highest BCUT2D eigenvalue weighted by atomic mass is 79.9. The molecule has 0 saturated heterocycles. The SMILES string of the molecule is CC1(C)C2CCC1(CS(=O)(=O)O)C(=O)C2Br.O=C(O)C(NO)c1ccccc1. The molecule has 2 bridgehead atoms. The second-order valence-electron chi connectivity index (χ2n) is 7.75. The molecule has 156 valence electrons. The zero-order valence-corrected chi connectivity index (χ0v) is 17.9. The number of alkyl halides is 1. The molecule has 2 saturated carbocycles. The van der Waals surface area contributed by atoms with Crippen LogP contribution < -0.4 is 5.48 Å². The normalized spacial score (nSPS) is 29.1. The predicted molar refractivity (Wildman–Crippen MR) is 105 cm³/mol. The molecule has 8 nitrogen and oxygen atoms in total. The molecule has 0 aliphatic heterocycles. The first-order valence-electron chi connectivity index (χ1n) is 8.68. The predicted octanol–water partition coefficient (Wildman–Crippen LogP) is 2.43. The van der Waals surface area contributed by atoms with Crippen molar-refractivity contribution in [2.24, 2.45) is 16.7 Å². The molecule has 0 spiro atoms. The standard InChI is InChI=1S/C10H15BrO4S.C8H9NO3/c1-9(2)6-3-4-10(9,5-16(13,14)15)8(12)7(6)11;10-8(11)7(9-12)6-4-2-1-3-5-6/h6-7H,3-5H2,1-2H3,(H,13,14,15);1-5,7,9,12H,(H,10,11). The van der Waals surface area contributed by atoms with Crippen LogP contribution in [0, 0.1) is 16.7 Å². The van der Waals surface area contributed by atoms with Gasteiger partial charge in [-0.3, -0.25) is 14.1 Å². The number of rotatable bonds is 5. The van der Waals surface area contributed by atoms with Gasteiger partial charge in [0.05, 0.1) is 16.0 Å². The van der Waals surface area contributed by atoms with Crippen molar-refractivity contribution >= 4 is 37.8 Å². The molecule has 28 heavy (non-hydrogen) atoms. The van der Waals surface area contributed by atoms with E-state index in [-0.39, 0.29) is 21.9 Å². The van der Waals surface area contributed by atoms with Crippen LogP contribution in [0.3, 0.4) is 0 Å². The number of aliphatic carboxylic acids is 1. The lowest BCUT2D eigenvalue weighted by atomic mass is 9.70. The van der Waals surface area contributed by atoms with Gasteiger partial charge >= 0.3 is 5.97 Å². The van der Waals surface area contributed by atoms with Crippen LogP contribution >= 0.6 is 15.9 Å². The Balaban J connectivity index is 0.000000209. The van der Waals surface area contributed by atoms with E-state index >= 15 is 0 Å². The summed E-state index contributed by atoms with van der Waals surface area (Å²) in [5.74, 6) is -1.44. The quantitative estimate of drug-likeness (QED) is 0.287. The fourth-order valence-electron chi connectivity index (χ4n) is 4.40. The van der Waals surface area contributed by atoms with E-state index in [9.17, 15) is 18.0 Å². The van der Waals surface area contributed by atoms with E-state index < -0.39 is 33.3 Å². The summed E-state index contributed by atoms with van der Waals surface area (Å²) in [7, 11) is -4.12. The second-order valence-corrected chi connectivity index (χ2v) is 10.2. The number of hydroxylamine groups is 1. The van der Waals surface area contributed by atoms with Gasteiger partial charge in [0.25, 0.3) is 10.1 Å². The summed E-state index contributed by atoms with van der Waals surface area (Å²) in [6, 6.07) is 7.40. The maximum absolute atomic E-state index is 12.2. The molecular formula is C18H24BrNO7S. The number of carbonyl (C=O) groups is 2. The first-order valence-corrected chi connectivity index (χ1v) is 11.2. The third-order valence-corrected chi connectivity index (χ3v) is 7.97. The van der Waals surface area contributed by atoms with Gasteiger partial charge in [0.2, 0.25) is 0 Å². The van der Waals surface area contributed by atoms with E-state index in [0.29, 0.717) is 12.0 Å². The van der Waals surface area contributed by atoms with Crippen molar-refractivity contribution in [3.05, 3.63) is 35.9 Å². The van der Waals surface area contributed by atoms with Crippen molar-refractivity contribution in [1.82, 2.24) is 5.48 Å². The van der Waals surface area contributed by atoms with Crippen LogP contribution in [0.1, 0.15) is 38.3 Å². The number of halogens is 1. The lowest BCUT2D eigenvalue weighted by molar-refractivity contribution is -0.142. The maximum atomic E-state index is 12.2. The molecule has 0 radical (unpaired) electrons. The smallest absolute Gasteiger partial charge is 0.327 e. The van der Waals surface area contributed by atoms with Crippen LogP contribution in [-0.2, 0) is 19.7 Å². The van der Waals surface area contributed by atoms with Crippen LogP contribution in [0.2, 0.25) is 0 Å². The highest BCUT2D eigenvalue weighted by Crippen LogP contribution is 2.65. The van der Waals surface area contributed by atoms with Gasteiger partial charge in [0.15, 0.2) is 11.8 Å². The minimum absolute atomic E-state index is 0.0635. The van der Waals surface area contributed by atoms with Crippen molar-refractivity contribution in [1.29, 1.82) is 0 Å².